The van der Waals surface area contributed by atoms with E-state index in [9.17, 15) is 9.18 Å². The van der Waals surface area contributed by atoms with Crippen molar-refractivity contribution in [3.05, 3.63) is 47.8 Å². The smallest absolute Gasteiger partial charge is 0.253 e. The van der Waals surface area contributed by atoms with Gasteiger partial charge in [-0.05, 0) is 18.2 Å². The molecule has 0 unspecified atom stereocenters. The van der Waals surface area contributed by atoms with E-state index < -0.39 is 11.7 Å². The van der Waals surface area contributed by atoms with E-state index in [1.165, 1.54) is 12.1 Å². The number of aromatic amines is 1. The normalized spacial score (nSPS) is 10.2. The van der Waals surface area contributed by atoms with Crippen LogP contribution in [0.25, 0.3) is 0 Å². The molecule has 0 fully saturated rings. The van der Waals surface area contributed by atoms with Crippen molar-refractivity contribution in [3.8, 4) is 0 Å². The summed E-state index contributed by atoms with van der Waals surface area (Å²) in [5.41, 5.74) is 5.95. The van der Waals surface area contributed by atoms with Gasteiger partial charge in [-0.15, -0.1) is 0 Å². The molecule has 5 nitrogen and oxygen atoms in total. The summed E-state index contributed by atoms with van der Waals surface area (Å²) in [5, 5.41) is 2.59. The number of carbonyl (C=O) groups is 1. The number of benzene rings is 1. The number of nitrogen functional groups attached to an aromatic ring is 1. The summed E-state index contributed by atoms with van der Waals surface area (Å²) in [4.78, 5) is 18.5. The highest BCUT2D eigenvalue weighted by Gasteiger charge is 2.10. The number of halogens is 1. The number of hydrogen-bond donors (Lipinski definition) is 3. The summed E-state index contributed by atoms with van der Waals surface area (Å²) in [6.45, 7) is 0.238. The number of rotatable bonds is 3. The second-order valence-corrected chi connectivity index (χ2v) is 3.45. The Morgan fingerprint density at radius 3 is 3.06 bits per heavy atom. The van der Waals surface area contributed by atoms with Crippen LogP contribution >= 0.6 is 0 Å². The zero-order valence-electron chi connectivity index (χ0n) is 8.90. The van der Waals surface area contributed by atoms with E-state index in [0.717, 1.165) is 6.07 Å². The number of aromatic nitrogens is 2. The zero-order chi connectivity index (χ0) is 12.3. The van der Waals surface area contributed by atoms with E-state index in [1.807, 2.05) is 0 Å². The molecule has 17 heavy (non-hydrogen) atoms. The van der Waals surface area contributed by atoms with Crippen LogP contribution in [0.5, 0.6) is 0 Å². The Balaban J connectivity index is 2.07. The fourth-order valence-corrected chi connectivity index (χ4v) is 1.38. The lowest BCUT2D eigenvalue weighted by Crippen LogP contribution is -2.24. The first-order chi connectivity index (χ1) is 8.16. The first-order valence-corrected chi connectivity index (χ1v) is 4.98. The highest BCUT2D eigenvalue weighted by atomic mass is 19.1. The first-order valence-electron chi connectivity index (χ1n) is 4.98. The quantitative estimate of drug-likeness (QED) is 0.694. The fraction of sp³-hybridized carbons (Fsp3) is 0.0909. The minimum absolute atomic E-state index is 0.122. The number of nitrogens with zero attached hydrogens (tertiary/aromatic N) is 1. The van der Waals surface area contributed by atoms with Crippen molar-refractivity contribution in [2.45, 2.75) is 6.54 Å². The third-order valence-corrected chi connectivity index (χ3v) is 2.23. The SMILES string of the molecule is Nc1ccc(F)cc1C(=O)NCc1ncc[nH]1. The molecule has 0 aliphatic heterocycles. The molecule has 0 radical (unpaired) electrons. The molecule has 0 saturated carbocycles. The molecule has 1 heterocycles. The van der Waals surface area contributed by atoms with E-state index in [0.29, 0.717) is 5.82 Å². The van der Waals surface area contributed by atoms with Crippen LogP contribution in [0.1, 0.15) is 16.2 Å². The van der Waals surface area contributed by atoms with Crippen molar-refractivity contribution in [1.29, 1.82) is 0 Å². The standard InChI is InChI=1S/C11H11FN4O/c12-7-1-2-9(13)8(5-7)11(17)16-6-10-14-3-4-15-10/h1-5H,6,13H2,(H,14,15)(H,16,17). The number of hydrogen-bond acceptors (Lipinski definition) is 3. The molecular weight excluding hydrogens is 223 g/mol. The molecule has 0 aliphatic rings. The average molecular weight is 234 g/mol. The zero-order valence-corrected chi connectivity index (χ0v) is 8.90. The molecule has 0 atom stereocenters. The minimum atomic E-state index is -0.498. The Hall–Kier alpha value is -2.37. The van der Waals surface area contributed by atoms with Crippen LogP contribution in [0, 0.1) is 5.82 Å². The van der Waals surface area contributed by atoms with Crippen LogP contribution in [-0.4, -0.2) is 15.9 Å². The van der Waals surface area contributed by atoms with Crippen LogP contribution < -0.4 is 11.1 Å². The lowest BCUT2D eigenvalue weighted by molar-refractivity contribution is 0.0950. The van der Waals surface area contributed by atoms with Crippen LogP contribution in [-0.2, 0) is 6.54 Å². The Labute approximate surface area is 96.9 Å². The molecule has 0 spiro atoms. The Bertz CT molecular complexity index is 524. The third-order valence-electron chi connectivity index (χ3n) is 2.23. The molecule has 2 aromatic rings. The average Bonchev–Trinajstić information content (AvgIpc) is 2.82. The van der Waals surface area contributed by atoms with Gasteiger partial charge < -0.3 is 16.0 Å². The summed E-state index contributed by atoms with van der Waals surface area (Å²) < 4.78 is 13.0. The second kappa shape index (κ2) is 4.65. The predicted molar refractivity (Wildman–Crippen MR) is 60.6 cm³/mol. The van der Waals surface area contributed by atoms with Gasteiger partial charge >= 0.3 is 0 Å². The Morgan fingerprint density at radius 2 is 2.35 bits per heavy atom. The summed E-state index contributed by atoms with van der Waals surface area (Å²) in [5.74, 6) is -0.311. The molecule has 88 valence electrons. The number of anilines is 1. The number of H-pyrrole nitrogens is 1. The van der Waals surface area contributed by atoms with Crippen molar-refractivity contribution in [2.24, 2.45) is 0 Å². The van der Waals surface area contributed by atoms with E-state index in [1.54, 1.807) is 12.4 Å². The van der Waals surface area contributed by atoms with Crippen LogP contribution in [0.3, 0.4) is 0 Å². The molecule has 0 aliphatic carbocycles. The van der Waals surface area contributed by atoms with Gasteiger partial charge in [-0.2, -0.15) is 0 Å². The van der Waals surface area contributed by atoms with Crippen molar-refractivity contribution in [3.63, 3.8) is 0 Å². The molecule has 1 aromatic heterocycles. The lowest BCUT2D eigenvalue weighted by Gasteiger charge is -2.06. The van der Waals surface area contributed by atoms with E-state index in [-0.39, 0.29) is 17.8 Å². The molecule has 2 rings (SSSR count). The molecule has 0 bridgehead atoms. The first kappa shape index (κ1) is 11.1. The maximum atomic E-state index is 13.0. The van der Waals surface area contributed by atoms with E-state index in [4.69, 9.17) is 5.73 Å². The van der Waals surface area contributed by atoms with Crippen molar-refractivity contribution >= 4 is 11.6 Å². The van der Waals surface area contributed by atoms with Gasteiger partial charge in [-0.3, -0.25) is 4.79 Å². The molecule has 4 N–H and O–H groups in total. The number of amides is 1. The van der Waals surface area contributed by atoms with Gasteiger partial charge in [0.1, 0.15) is 11.6 Å². The van der Waals surface area contributed by atoms with Gasteiger partial charge in [0.15, 0.2) is 0 Å². The molecule has 6 heteroatoms. The highest BCUT2D eigenvalue weighted by Crippen LogP contribution is 2.13. The molecule has 1 aromatic carbocycles. The topological polar surface area (TPSA) is 83.8 Å². The number of nitrogens with two attached hydrogens (primary N) is 1. The van der Waals surface area contributed by atoms with Gasteiger partial charge in [0.2, 0.25) is 0 Å². The Kier molecular flexibility index (Phi) is 3.04. The second-order valence-electron chi connectivity index (χ2n) is 3.45. The van der Waals surface area contributed by atoms with Crippen molar-refractivity contribution < 1.29 is 9.18 Å². The van der Waals surface area contributed by atoms with Crippen molar-refractivity contribution in [2.75, 3.05) is 5.73 Å². The number of carbonyl (C=O) groups excluding carboxylic acids is 1. The van der Waals surface area contributed by atoms with Gasteiger partial charge in [-0.25, -0.2) is 9.37 Å². The van der Waals surface area contributed by atoms with Gasteiger partial charge in [0.05, 0.1) is 12.1 Å². The predicted octanol–water partition coefficient (Wildman–Crippen LogP) is 1.06. The highest BCUT2D eigenvalue weighted by molar-refractivity contribution is 5.99. The molecule has 1 amide bonds. The maximum Gasteiger partial charge on any atom is 0.253 e. The fourth-order valence-electron chi connectivity index (χ4n) is 1.38. The van der Waals surface area contributed by atoms with Crippen molar-refractivity contribution in [1.82, 2.24) is 15.3 Å². The minimum Gasteiger partial charge on any atom is -0.398 e. The lowest BCUT2D eigenvalue weighted by atomic mass is 10.1. The largest absolute Gasteiger partial charge is 0.398 e. The van der Waals surface area contributed by atoms with E-state index in [2.05, 4.69) is 15.3 Å². The van der Waals surface area contributed by atoms with Crippen LogP contribution in [0.2, 0.25) is 0 Å². The van der Waals surface area contributed by atoms with E-state index >= 15 is 0 Å². The van der Waals surface area contributed by atoms with Crippen LogP contribution in [0.4, 0.5) is 10.1 Å². The molecule has 0 saturated heterocycles. The number of nitrogens with one attached hydrogen (secondary N) is 2. The summed E-state index contributed by atoms with van der Waals surface area (Å²) in [6.07, 6.45) is 3.23. The third kappa shape index (κ3) is 2.60. The van der Waals surface area contributed by atoms with Gasteiger partial charge in [0, 0.05) is 18.1 Å². The maximum absolute atomic E-state index is 13.0. The number of imidazole rings is 1. The molecular formula is C11H11FN4O. The summed E-state index contributed by atoms with van der Waals surface area (Å²) >= 11 is 0. The van der Waals surface area contributed by atoms with Crippen LogP contribution in [0.15, 0.2) is 30.6 Å². The monoisotopic (exact) mass is 234 g/mol. The Morgan fingerprint density at radius 1 is 1.53 bits per heavy atom. The van der Waals surface area contributed by atoms with Gasteiger partial charge in [0.25, 0.3) is 5.91 Å². The van der Waals surface area contributed by atoms with Gasteiger partial charge in [-0.1, -0.05) is 0 Å². The summed E-state index contributed by atoms with van der Waals surface area (Å²) in [7, 11) is 0. The summed E-state index contributed by atoms with van der Waals surface area (Å²) in [6, 6.07) is 3.67.